The number of carboxylic acid groups (broad SMARTS) is 1. The Labute approximate surface area is 326 Å². The van der Waals surface area contributed by atoms with Crippen LogP contribution in [0.15, 0.2) is 115 Å². The highest BCUT2D eigenvalue weighted by molar-refractivity contribution is 5.99. The predicted molar refractivity (Wildman–Crippen MR) is 201 cm³/mol. The molecule has 0 saturated carbocycles. The largest absolute Gasteiger partial charge is 0.573 e. The summed E-state index contributed by atoms with van der Waals surface area (Å²) in [6, 6.07) is 22.2. The second kappa shape index (κ2) is 18.0. The average Bonchev–Trinajstić information content (AvgIpc) is 3.62. The Morgan fingerprint density at radius 1 is 0.860 bits per heavy atom. The Morgan fingerprint density at radius 3 is 2.16 bits per heavy atom. The van der Waals surface area contributed by atoms with E-state index < -0.39 is 65.9 Å². The minimum atomic E-state index is -4.90. The van der Waals surface area contributed by atoms with Gasteiger partial charge in [0.2, 0.25) is 23.6 Å². The number of carboxylic acids is 1. The van der Waals surface area contributed by atoms with Crippen molar-refractivity contribution in [3.63, 3.8) is 0 Å². The third kappa shape index (κ3) is 10.8. The highest BCUT2D eigenvalue weighted by Gasteiger charge is 2.46. The van der Waals surface area contributed by atoms with Crippen LogP contribution in [0, 0.1) is 0 Å². The minimum absolute atomic E-state index is 0.00430. The first kappa shape index (κ1) is 40.2. The van der Waals surface area contributed by atoms with Crippen molar-refractivity contribution in [3.8, 4) is 5.75 Å². The van der Waals surface area contributed by atoms with Crippen LogP contribution >= 0.6 is 0 Å². The number of fused-ring (bicyclic) bond motifs is 1. The van der Waals surface area contributed by atoms with Crippen LogP contribution in [0.25, 0.3) is 5.57 Å². The summed E-state index contributed by atoms with van der Waals surface area (Å²) in [4.78, 5) is 72.9. The Kier molecular flexibility index (Phi) is 12.7. The number of pyridine rings is 1. The number of aliphatic carboxylic acids is 1. The molecule has 1 saturated heterocycles. The third-order valence-corrected chi connectivity index (χ3v) is 9.72. The van der Waals surface area contributed by atoms with E-state index in [0.29, 0.717) is 28.0 Å². The van der Waals surface area contributed by atoms with Gasteiger partial charge in [0.1, 0.15) is 23.9 Å². The highest BCUT2D eigenvalue weighted by atomic mass is 19.4. The molecule has 0 bridgehead atoms. The van der Waals surface area contributed by atoms with Gasteiger partial charge in [0.05, 0.1) is 12.8 Å². The van der Waals surface area contributed by atoms with Crippen LogP contribution in [-0.2, 0) is 43.2 Å². The van der Waals surface area contributed by atoms with Crippen molar-refractivity contribution >= 4 is 35.2 Å². The van der Waals surface area contributed by atoms with Gasteiger partial charge < -0.3 is 30.7 Å². The highest BCUT2D eigenvalue weighted by Crippen LogP contribution is 2.41. The molecule has 3 aromatic carbocycles. The van der Waals surface area contributed by atoms with Crippen molar-refractivity contribution in [2.45, 2.75) is 75.5 Å². The van der Waals surface area contributed by atoms with E-state index in [1.165, 1.54) is 23.2 Å². The molecule has 2 aliphatic heterocycles. The average molecular weight is 784 g/mol. The molecule has 15 heteroatoms. The molecule has 4 aromatic rings. The Hall–Kier alpha value is -6.51. The molecule has 0 radical (unpaired) electrons. The van der Waals surface area contributed by atoms with Crippen LogP contribution in [0.4, 0.5) is 13.2 Å². The lowest BCUT2D eigenvalue weighted by Gasteiger charge is -2.36. The summed E-state index contributed by atoms with van der Waals surface area (Å²) in [6.45, 7) is 0. The molecule has 296 valence electrons. The van der Waals surface area contributed by atoms with Gasteiger partial charge in [0.25, 0.3) is 0 Å². The molecule has 4 amide bonds. The Bertz CT molecular complexity index is 2100. The Morgan fingerprint density at radius 2 is 1.53 bits per heavy atom. The second-order valence-corrected chi connectivity index (χ2v) is 13.9. The fourth-order valence-corrected chi connectivity index (χ4v) is 7.22. The van der Waals surface area contributed by atoms with Crippen molar-refractivity contribution in [2.75, 3.05) is 0 Å². The number of hydrogen-bond acceptors (Lipinski definition) is 7. The molecular formula is C42H40F3N5O7. The van der Waals surface area contributed by atoms with E-state index in [1.54, 1.807) is 60.8 Å². The molecule has 0 spiro atoms. The molecule has 6 rings (SSSR count). The molecule has 0 unspecified atom stereocenters. The van der Waals surface area contributed by atoms with Crippen LogP contribution in [0.1, 0.15) is 47.9 Å². The smallest absolute Gasteiger partial charge is 0.481 e. The van der Waals surface area contributed by atoms with Gasteiger partial charge in [-0.05, 0) is 65.3 Å². The number of carbonyl (C=O) groups is 5. The van der Waals surface area contributed by atoms with Gasteiger partial charge >= 0.3 is 12.3 Å². The summed E-state index contributed by atoms with van der Waals surface area (Å²) in [5, 5.41) is 18.0. The van der Waals surface area contributed by atoms with Crippen molar-refractivity contribution < 1.29 is 47.0 Å². The summed E-state index contributed by atoms with van der Waals surface area (Å²) >= 11 is 0. The number of rotatable bonds is 15. The first-order valence-electron chi connectivity index (χ1n) is 18.3. The number of ether oxygens (including phenoxy) is 1. The maximum Gasteiger partial charge on any atom is 0.573 e. The molecule has 57 heavy (non-hydrogen) atoms. The van der Waals surface area contributed by atoms with Gasteiger partial charge in [-0.1, -0.05) is 78.9 Å². The number of alkyl halides is 3. The van der Waals surface area contributed by atoms with E-state index >= 15 is 0 Å². The van der Waals surface area contributed by atoms with Crippen molar-refractivity contribution in [3.05, 3.63) is 137 Å². The van der Waals surface area contributed by atoms with E-state index in [1.807, 2.05) is 18.2 Å². The number of halogens is 3. The fraction of sp³-hybridized carbons (Fsp3) is 0.286. The zero-order valence-electron chi connectivity index (χ0n) is 30.6. The van der Waals surface area contributed by atoms with Gasteiger partial charge in [0.15, 0.2) is 0 Å². The molecule has 1 fully saturated rings. The number of carbonyl (C=O) groups excluding carboxylic acids is 4. The molecule has 12 nitrogen and oxygen atoms in total. The van der Waals surface area contributed by atoms with E-state index in [9.17, 15) is 42.3 Å². The molecule has 4 atom stereocenters. The zero-order chi connectivity index (χ0) is 40.5. The summed E-state index contributed by atoms with van der Waals surface area (Å²) in [5.41, 5.74) is 3.61. The molecule has 3 heterocycles. The molecule has 4 N–H and O–H groups in total. The fourth-order valence-electron chi connectivity index (χ4n) is 7.22. The lowest BCUT2D eigenvalue weighted by Crippen LogP contribution is -2.58. The van der Waals surface area contributed by atoms with Crippen LogP contribution < -0.4 is 20.7 Å². The van der Waals surface area contributed by atoms with Gasteiger partial charge in [-0.2, -0.15) is 0 Å². The maximum absolute atomic E-state index is 14.3. The topological polar surface area (TPSA) is 167 Å². The van der Waals surface area contributed by atoms with Crippen molar-refractivity contribution in [1.82, 2.24) is 25.8 Å². The minimum Gasteiger partial charge on any atom is -0.481 e. The number of allylic oxidation sites excluding steroid dienone is 1. The van der Waals surface area contributed by atoms with E-state index in [4.69, 9.17) is 0 Å². The number of amides is 4. The Balaban J connectivity index is 1.27. The summed E-state index contributed by atoms with van der Waals surface area (Å²) in [6.07, 6.45) is -1.61. The van der Waals surface area contributed by atoms with E-state index in [0.717, 1.165) is 17.7 Å². The van der Waals surface area contributed by atoms with E-state index in [-0.39, 0.29) is 44.9 Å². The van der Waals surface area contributed by atoms with Crippen LogP contribution in [0.2, 0.25) is 0 Å². The zero-order valence-corrected chi connectivity index (χ0v) is 30.6. The number of benzene rings is 3. The summed E-state index contributed by atoms with van der Waals surface area (Å²) in [7, 11) is 0. The van der Waals surface area contributed by atoms with Crippen LogP contribution in [0.5, 0.6) is 5.75 Å². The van der Waals surface area contributed by atoms with E-state index in [2.05, 4.69) is 25.7 Å². The summed E-state index contributed by atoms with van der Waals surface area (Å²) < 4.78 is 42.8. The SMILES string of the molecule is O=C(O)C[C@H](Cc1ccccc1)NC(=O)[C@H](Cc1cccnc1)NC(=O)[C@@H]1CCC2=C(c3ccc(OC(F)(F)F)cc3)C[C@H](NC(=O)Cc3ccccc3)C(=O)N21. The lowest BCUT2D eigenvalue weighted by molar-refractivity contribution is -0.274. The number of hydrogen-bond donors (Lipinski definition) is 4. The normalized spacial score (nSPS) is 17.6. The number of aromatic nitrogens is 1. The standard InChI is InChI=1S/C42H40F3N5O7/c43-42(44,45)57-31-15-13-29(14-16-31)32-24-34(48-37(51)22-27-10-5-2-6-11-27)41(56)50-35(32)17-18-36(50)40(55)49-33(21-28-12-7-19-46-25-28)39(54)47-30(23-38(52)53)20-26-8-3-1-4-9-26/h1-16,19,25,30,33-34,36H,17-18,20-24H2,(H,47,54)(H,48,51)(H,49,55)(H,52,53)/t30-,33-,34-,36-/m0/s1. The first-order chi connectivity index (χ1) is 27.3. The van der Waals surface area contributed by atoms with Gasteiger partial charge in [-0.25, -0.2) is 0 Å². The third-order valence-electron chi connectivity index (χ3n) is 9.72. The van der Waals surface area contributed by atoms with Crippen molar-refractivity contribution in [1.29, 1.82) is 0 Å². The maximum atomic E-state index is 14.3. The lowest BCUT2D eigenvalue weighted by atomic mass is 9.91. The number of nitrogens with one attached hydrogen (secondary N) is 3. The molecular weight excluding hydrogens is 743 g/mol. The molecule has 2 aliphatic rings. The van der Waals surface area contributed by atoms with Gasteiger partial charge in [0, 0.05) is 37.0 Å². The van der Waals surface area contributed by atoms with Crippen molar-refractivity contribution in [2.24, 2.45) is 0 Å². The molecule has 0 aliphatic carbocycles. The van der Waals surface area contributed by atoms with Gasteiger partial charge in [-0.3, -0.25) is 29.0 Å². The monoisotopic (exact) mass is 783 g/mol. The quantitative estimate of drug-likeness (QED) is 0.134. The second-order valence-electron chi connectivity index (χ2n) is 13.9. The number of nitrogens with zero attached hydrogens (tertiary/aromatic N) is 2. The van der Waals surface area contributed by atoms with Crippen LogP contribution in [0.3, 0.4) is 0 Å². The summed E-state index contributed by atoms with van der Waals surface area (Å²) in [5.74, 6) is -3.87. The van der Waals surface area contributed by atoms with Gasteiger partial charge in [-0.15, -0.1) is 13.2 Å². The molecule has 1 aromatic heterocycles. The van der Waals surface area contributed by atoms with Crippen LogP contribution in [-0.4, -0.2) is 75.1 Å². The first-order valence-corrected chi connectivity index (χ1v) is 18.3. The predicted octanol–water partition coefficient (Wildman–Crippen LogP) is 4.74.